The van der Waals surface area contributed by atoms with Crippen LogP contribution in [0.5, 0.6) is 0 Å². The predicted molar refractivity (Wildman–Crippen MR) is 224 cm³/mol. The van der Waals surface area contributed by atoms with Gasteiger partial charge in [0.2, 0.25) is 0 Å². The second-order valence-electron chi connectivity index (χ2n) is 14.1. The second kappa shape index (κ2) is 20.9. The summed E-state index contributed by atoms with van der Waals surface area (Å²) < 4.78 is 23.9. The van der Waals surface area contributed by atoms with Crippen molar-refractivity contribution in [3.63, 3.8) is 0 Å². The van der Waals surface area contributed by atoms with E-state index in [1.807, 2.05) is 85.7 Å². The first kappa shape index (κ1) is 39.3. The molecule has 0 bridgehead atoms. The number of hydrogen-bond donors (Lipinski definition) is 1. The molecule has 5 heteroatoms. The summed E-state index contributed by atoms with van der Waals surface area (Å²) in [5.41, 5.74) is 10.2. The van der Waals surface area contributed by atoms with Crippen molar-refractivity contribution in [2.45, 2.75) is 94.9 Å². The number of aromatic nitrogens is 2. The maximum Gasteiger partial charge on any atom is 0.162 e. The number of hydrogen-bond acceptors (Lipinski definition) is 4. The minimum atomic E-state index is 0. The average Bonchev–Trinajstić information content (AvgIpc) is 3.13. The number of rotatable bonds is 9. The fourth-order valence-corrected chi connectivity index (χ4v) is 6.65. The smallest absolute Gasteiger partial charge is 0.162 e. The molecular formula is C49H56IrN2O2-2. The van der Waals surface area contributed by atoms with Crippen molar-refractivity contribution < 1.29 is 34.1 Å². The Hall–Kier alpha value is -4.44. The molecule has 1 N–H and O–H groups in total. The summed E-state index contributed by atoms with van der Waals surface area (Å²) in [7, 11) is 0. The largest absolute Gasteiger partial charge is 0.512 e. The topological polar surface area (TPSA) is 63.1 Å². The molecule has 6 aromatic rings. The van der Waals surface area contributed by atoms with E-state index in [1.54, 1.807) is 0 Å². The van der Waals surface area contributed by atoms with Gasteiger partial charge in [-0.3, -0.25) is 4.79 Å². The molecule has 0 amide bonds. The van der Waals surface area contributed by atoms with Crippen LogP contribution in [0, 0.1) is 65.5 Å². The van der Waals surface area contributed by atoms with Crippen molar-refractivity contribution in [3.8, 4) is 22.5 Å². The van der Waals surface area contributed by atoms with Crippen LogP contribution >= 0.6 is 0 Å². The van der Waals surface area contributed by atoms with Crippen LogP contribution < -0.4 is 0 Å². The van der Waals surface area contributed by atoms with Gasteiger partial charge in [-0.2, -0.15) is 0 Å². The van der Waals surface area contributed by atoms with Gasteiger partial charge in [0.15, 0.2) is 5.78 Å². The molecule has 4 aromatic carbocycles. The maximum atomic E-state index is 11.7. The van der Waals surface area contributed by atoms with Crippen LogP contribution in [-0.2, 0) is 24.9 Å². The van der Waals surface area contributed by atoms with Gasteiger partial charge in [-0.05, 0) is 84.6 Å². The molecular weight excluding hydrogens is 841 g/mol. The van der Waals surface area contributed by atoms with Crippen molar-refractivity contribution in [1.82, 2.24) is 9.97 Å². The Balaban J connectivity index is 0.000000231. The Morgan fingerprint density at radius 3 is 1.59 bits per heavy atom. The van der Waals surface area contributed by atoms with E-state index in [4.69, 9.17) is 4.11 Å². The molecule has 2 heterocycles. The third-order valence-corrected chi connectivity index (χ3v) is 9.54. The third kappa shape index (κ3) is 11.8. The average molecular weight is 900 g/mol. The summed E-state index contributed by atoms with van der Waals surface area (Å²) in [6.07, 6.45) is 5.21. The fourth-order valence-electron chi connectivity index (χ4n) is 6.65. The zero-order chi connectivity index (χ0) is 41.3. The monoisotopic (exact) mass is 900 g/mol. The predicted octanol–water partition coefficient (Wildman–Crippen LogP) is 13.1. The standard InChI is InChI=1S/2C18H16N.C13H24O2.Ir/c2*1-12-4-5-17-15(9-12)6-7-19-18(17)16-10-13(2)8-14(3)11-16;1-5-10(6-2)12(14)9-13(15)11(7-3)8-4;/h2*4-10H,1-3H3;9-11,14H,5-8H2,1-4H3;/q2*-1;;/b;;12-9-;/i6D,7D;7D;;. The number of allylic oxidation sites excluding steroid dienone is 2. The molecule has 0 atom stereocenters. The molecule has 0 aliphatic carbocycles. The summed E-state index contributed by atoms with van der Waals surface area (Å²) in [6.45, 7) is 20.3. The number of benzene rings is 4. The molecule has 0 saturated carbocycles. The first-order chi connectivity index (χ1) is 26.6. The van der Waals surface area contributed by atoms with Gasteiger partial charge in [-0.1, -0.05) is 103 Å². The van der Waals surface area contributed by atoms with Gasteiger partial charge in [0, 0.05) is 50.4 Å². The van der Waals surface area contributed by atoms with Crippen molar-refractivity contribution >= 4 is 27.3 Å². The zero-order valence-corrected chi connectivity index (χ0v) is 35.9. The Labute approximate surface area is 341 Å². The summed E-state index contributed by atoms with van der Waals surface area (Å²) in [4.78, 5) is 20.5. The van der Waals surface area contributed by atoms with Gasteiger partial charge in [0.1, 0.15) is 0 Å². The van der Waals surface area contributed by atoms with Crippen molar-refractivity contribution in [2.24, 2.45) is 11.8 Å². The van der Waals surface area contributed by atoms with E-state index in [0.29, 0.717) is 6.17 Å². The Morgan fingerprint density at radius 2 is 1.11 bits per heavy atom. The molecule has 4 nitrogen and oxygen atoms in total. The number of carbonyl (C=O) groups is 1. The van der Waals surface area contributed by atoms with Gasteiger partial charge in [0.05, 0.1) is 9.87 Å². The number of aliphatic hydroxyl groups excluding tert-OH is 1. The minimum absolute atomic E-state index is 0. The number of nitrogens with zero attached hydrogens (tertiary/aromatic N) is 2. The zero-order valence-electron chi connectivity index (χ0n) is 36.5. The summed E-state index contributed by atoms with van der Waals surface area (Å²) in [6, 6.07) is 29.1. The molecule has 0 aliphatic heterocycles. The van der Waals surface area contributed by atoms with Crippen molar-refractivity contribution in [1.29, 1.82) is 0 Å². The number of carbonyl (C=O) groups excluding carboxylic acids is 1. The molecule has 6 rings (SSSR count). The minimum Gasteiger partial charge on any atom is -0.512 e. The Morgan fingerprint density at radius 1 is 0.648 bits per heavy atom. The fraction of sp³-hybridized carbons (Fsp3) is 0.327. The van der Waals surface area contributed by atoms with Gasteiger partial charge in [-0.25, -0.2) is 0 Å². The first-order valence-corrected chi connectivity index (χ1v) is 18.8. The van der Waals surface area contributed by atoms with Crippen LogP contribution in [0.4, 0.5) is 0 Å². The molecule has 0 spiro atoms. The van der Waals surface area contributed by atoms with Crippen LogP contribution in [0.3, 0.4) is 0 Å². The van der Waals surface area contributed by atoms with Gasteiger partial charge in [0.25, 0.3) is 0 Å². The molecule has 1 radical (unpaired) electrons. The first-order valence-electron chi connectivity index (χ1n) is 20.3. The quantitative estimate of drug-likeness (QED) is 0.0892. The summed E-state index contributed by atoms with van der Waals surface area (Å²) in [5.74, 6) is 0.547. The number of fused-ring (bicyclic) bond motifs is 2. The molecule has 0 saturated heterocycles. The number of aryl methyl sites for hydroxylation is 6. The van der Waals surface area contributed by atoms with E-state index in [2.05, 4.69) is 72.3 Å². The molecule has 54 heavy (non-hydrogen) atoms. The molecule has 2 aromatic heterocycles. The van der Waals surface area contributed by atoms with Crippen LogP contribution in [0.15, 0.2) is 97.0 Å². The Kier molecular flexibility index (Phi) is 15.2. The van der Waals surface area contributed by atoms with Crippen molar-refractivity contribution in [3.05, 3.63) is 142 Å². The van der Waals surface area contributed by atoms with E-state index in [-0.39, 0.29) is 55.7 Å². The third-order valence-electron chi connectivity index (χ3n) is 9.54. The summed E-state index contributed by atoms with van der Waals surface area (Å²) >= 11 is 0. The van der Waals surface area contributed by atoms with Crippen LogP contribution in [0.25, 0.3) is 44.1 Å². The van der Waals surface area contributed by atoms with E-state index >= 15 is 0 Å². The SMILES string of the molecule is CCC(CC)C(=O)/C=C(\O)C(CC)CC.[2H]c1cc2cc(C)ccc2c(-c2[c-]c(C)cc(C)c2)n1.[2H]c1nc(-c2[c-]c(C)cc(C)c2)c2ccc(C)cc2c1[2H].[Ir]. The molecule has 0 fully saturated rings. The van der Waals surface area contributed by atoms with Crippen molar-refractivity contribution in [2.75, 3.05) is 0 Å². The van der Waals surface area contributed by atoms with E-state index < -0.39 is 0 Å². The van der Waals surface area contributed by atoms with Crippen LogP contribution in [0.2, 0.25) is 0 Å². The molecule has 285 valence electrons. The number of ketones is 1. The normalized spacial score (nSPS) is 11.9. The van der Waals surface area contributed by atoms with Gasteiger partial charge in [-0.15, -0.1) is 69.8 Å². The van der Waals surface area contributed by atoms with Crippen LogP contribution in [-0.4, -0.2) is 20.9 Å². The van der Waals surface area contributed by atoms with Gasteiger partial charge < -0.3 is 15.1 Å². The van der Waals surface area contributed by atoms with Gasteiger partial charge >= 0.3 is 0 Å². The summed E-state index contributed by atoms with van der Waals surface area (Å²) in [5, 5.41) is 13.6. The Bertz CT molecular complexity index is 2320. The maximum absolute atomic E-state index is 11.7. The van der Waals surface area contributed by atoms with E-state index in [9.17, 15) is 9.90 Å². The number of aliphatic hydroxyl groups is 1. The molecule has 0 unspecified atom stereocenters. The molecule has 0 aliphatic rings. The van der Waals surface area contributed by atoms with Crippen LogP contribution in [0.1, 0.15) is 90.9 Å². The van der Waals surface area contributed by atoms with E-state index in [0.717, 1.165) is 92.0 Å². The van der Waals surface area contributed by atoms with E-state index in [1.165, 1.54) is 17.2 Å². The second-order valence-corrected chi connectivity index (χ2v) is 14.1. The number of pyridine rings is 2.